The van der Waals surface area contributed by atoms with Gasteiger partial charge in [0.15, 0.2) is 18.1 Å². The Kier molecular flexibility index (Phi) is 4.18. The maximum atomic E-state index is 5.97. The highest BCUT2D eigenvalue weighted by Crippen LogP contribution is 2.34. The summed E-state index contributed by atoms with van der Waals surface area (Å²) in [5, 5.41) is 12.1. The first-order valence-corrected chi connectivity index (χ1v) is 5.94. The number of nitrogens with zero attached hydrogens (tertiary/aromatic N) is 4. The molecule has 0 spiro atoms. The van der Waals surface area contributed by atoms with Gasteiger partial charge < -0.3 is 15.2 Å². The molecule has 2 N–H and O–H groups in total. The second-order valence-corrected chi connectivity index (χ2v) is 4.22. The van der Waals surface area contributed by atoms with Gasteiger partial charge in [-0.05, 0) is 11.3 Å². The van der Waals surface area contributed by atoms with Gasteiger partial charge in [-0.2, -0.15) is 4.80 Å². The van der Waals surface area contributed by atoms with E-state index < -0.39 is 0 Å². The Hall–Kier alpha value is -1.86. The minimum absolute atomic E-state index is 0.179. The largest absolute Gasteiger partial charge is 0.493 e. The highest BCUT2D eigenvalue weighted by atomic mass is 35.5. The molecular formula is C11H14ClN5O2. The molecule has 0 aliphatic rings. The van der Waals surface area contributed by atoms with E-state index in [-0.39, 0.29) is 6.61 Å². The van der Waals surface area contributed by atoms with E-state index >= 15 is 0 Å². The summed E-state index contributed by atoms with van der Waals surface area (Å²) in [7, 11) is 3.23. The first kappa shape index (κ1) is 13.6. The zero-order valence-corrected chi connectivity index (χ0v) is 11.4. The summed E-state index contributed by atoms with van der Waals surface area (Å²) >= 11 is 5.97. The summed E-state index contributed by atoms with van der Waals surface area (Å²) in [5.74, 6) is 1.54. The number of aromatic nitrogens is 4. The van der Waals surface area contributed by atoms with Crippen LogP contribution >= 0.6 is 11.6 Å². The molecule has 1 aromatic carbocycles. The molecule has 0 atom stereocenters. The van der Waals surface area contributed by atoms with Gasteiger partial charge in [0.2, 0.25) is 5.82 Å². The summed E-state index contributed by atoms with van der Waals surface area (Å²) in [6, 6.07) is 3.41. The topological polar surface area (TPSA) is 88.1 Å². The van der Waals surface area contributed by atoms with E-state index in [2.05, 4.69) is 15.4 Å². The van der Waals surface area contributed by atoms with Crippen molar-refractivity contribution < 1.29 is 9.47 Å². The van der Waals surface area contributed by atoms with Crippen LogP contribution in [0.2, 0.25) is 5.02 Å². The van der Waals surface area contributed by atoms with Gasteiger partial charge in [0.25, 0.3) is 0 Å². The number of hydrogen-bond acceptors (Lipinski definition) is 6. The van der Waals surface area contributed by atoms with Crippen LogP contribution in [0.5, 0.6) is 11.5 Å². The van der Waals surface area contributed by atoms with Crippen molar-refractivity contribution >= 4 is 11.6 Å². The predicted molar refractivity (Wildman–Crippen MR) is 69.0 cm³/mol. The van der Waals surface area contributed by atoms with E-state index in [9.17, 15) is 0 Å². The SMILES string of the molecule is COc1cc(Cl)cc(CN)c1OCc1nnn(C)n1. The molecular weight excluding hydrogens is 270 g/mol. The average molecular weight is 284 g/mol. The molecule has 0 aliphatic heterocycles. The fourth-order valence-corrected chi connectivity index (χ4v) is 1.84. The van der Waals surface area contributed by atoms with Crippen molar-refractivity contribution in [3.8, 4) is 11.5 Å². The Balaban J connectivity index is 2.23. The third kappa shape index (κ3) is 3.12. The van der Waals surface area contributed by atoms with Crippen molar-refractivity contribution in [2.75, 3.05) is 7.11 Å². The molecule has 0 radical (unpaired) electrons. The molecule has 7 nitrogen and oxygen atoms in total. The zero-order valence-electron chi connectivity index (χ0n) is 10.6. The summed E-state index contributed by atoms with van der Waals surface area (Å²) < 4.78 is 10.9. The van der Waals surface area contributed by atoms with Crippen LogP contribution in [-0.4, -0.2) is 27.3 Å². The summed E-state index contributed by atoms with van der Waals surface area (Å²) in [6.45, 7) is 0.471. The maximum Gasteiger partial charge on any atom is 0.212 e. The molecule has 1 heterocycles. The lowest BCUT2D eigenvalue weighted by molar-refractivity contribution is 0.273. The number of hydrogen-bond donors (Lipinski definition) is 1. The normalized spacial score (nSPS) is 10.5. The Morgan fingerprint density at radius 3 is 2.79 bits per heavy atom. The maximum absolute atomic E-state index is 5.97. The molecule has 102 valence electrons. The highest BCUT2D eigenvalue weighted by Gasteiger charge is 2.13. The van der Waals surface area contributed by atoms with Crippen LogP contribution in [-0.2, 0) is 20.2 Å². The first-order chi connectivity index (χ1) is 9.13. The Morgan fingerprint density at radius 1 is 1.42 bits per heavy atom. The lowest BCUT2D eigenvalue weighted by Crippen LogP contribution is -2.06. The molecule has 0 fully saturated rings. The van der Waals surface area contributed by atoms with E-state index in [1.807, 2.05) is 0 Å². The van der Waals surface area contributed by atoms with Gasteiger partial charge in [-0.1, -0.05) is 11.6 Å². The number of halogens is 1. The average Bonchev–Trinajstić information content (AvgIpc) is 2.81. The molecule has 0 saturated heterocycles. The van der Waals surface area contributed by atoms with Crippen molar-refractivity contribution in [2.24, 2.45) is 12.8 Å². The van der Waals surface area contributed by atoms with Crippen LogP contribution in [0, 0.1) is 0 Å². The van der Waals surface area contributed by atoms with Crippen LogP contribution in [0.15, 0.2) is 12.1 Å². The van der Waals surface area contributed by atoms with E-state index in [1.54, 1.807) is 26.3 Å². The third-order valence-electron chi connectivity index (χ3n) is 2.43. The smallest absolute Gasteiger partial charge is 0.212 e. The van der Waals surface area contributed by atoms with Gasteiger partial charge in [-0.25, -0.2) is 0 Å². The van der Waals surface area contributed by atoms with Gasteiger partial charge in [-0.3, -0.25) is 0 Å². The lowest BCUT2D eigenvalue weighted by Gasteiger charge is -2.13. The number of benzene rings is 1. The van der Waals surface area contributed by atoms with Crippen molar-refractivity contribution in [1.82, 2.24) is 20.2 Å². The number of aryl methyl sites for hydroxylation is 1. The van der Waals surface area contributed by atoms with Crippen molar-refractivity contribution in [2.45, 2.75) is 13.2 Å². The van der Waals surface area contributed by atoms with Crippen LogP contribution in [0.3, 0.4) is 0 Å². The fourth-order valence-electron chi connectivity index (χ4n) is 1.61. The second kappa shape index (κ2) is 5.85. The third-order valence-corrected chi connectivity index (χ3v) is 2.65. The van der Waals surface area contributed by atoms with Crippen LogP contribution in [0.1, 0.15) is 11.4 Å². The molecule has 0 aliphatic carbocycles. The minimum Gasteiger partial charge on any atom is -0.493 e. The Bertz CT molecular complexity index is 547. The van der Waals surface area contributed by atoms with Crippen LogP contribution in [0.25, 0.3) is 0 Å². The molecule has 2 rings (SSSR count). The van der Waals surface area contributed by atoms with Gasteiger partial charge in [0.05, 0.1) is 14.2 Å². The number of rotatable bonds is 5. The number of methoxy groups -OCH3 is 1. The predicted octanol–water partition coefficient (Wildman–Crippen LogP) is 0.910. The molecule has 19 heavy (non-hydrogen) atoms. The highest BCUT2D eigenvalue weighted by molar-refractivity contribution is 6.30. The Labute approximate surface area is 115 Å². The first-order valence-electron chi connectivity index (χ1n) is 5.56. The van der Waals surface area contributed by atoms with Crippen molar-refractivity contribution in [3.63, 3.8) is 0 Å². The number of tetrazole rings is 1. The van der Waals surface area contributed by atoms with Gasteiger partial charge in [0.1, 0.15) is 0 Å². The van der Waals surface area contributed by atoms with Crippen LogP contribution < -0.4 is 15.2 Å². The van der Waals surface area contributed by atoms with Crippen molar-refractivity contribution in [1.29, 1.82) is 0 Å². The fraction of sp³-hybridized carbons (Fsp3) is 0.364. The minimum atomic E-state index is 0.179. The van der Waals surface area contributed by atoms with Gasteiger partial charge in [-0.15, -0.1) is 10.2 Å². The zero-order chi connectivity index (χ0) is 13.8. The van der Waals surface area contributed by atoms with E-state index in [0.29, 0.717) is 28.9 Å². The number of ether oxygens (including phenoxy) is 2. The quantitative estimate of drug-likeness (QED) is 0.877. The van der Waals surface area contributed by atoms with E-state index in [1.165, 1.54) is 4.80 Å². The molecule has 0 saturated carbocycles. The molecule has 0 unspecified atom stereocenters. The van der Waals surface area contributed by atoms with Gasteiger partial charge in [0, 0.05) is 23.2 Å². The van der Waals surface area contributed by atoms with E-state index in [4.69, 9.17) is 26.8 Å². The summed E-state index contributed by atoms with van der Waals surface area (Å²) in [5.41, 5.74) is 6.43. The van der Waals surface area contributed by atoms with Gasteiger partial charge >= 0.3 is 0 Å². The lowest BCUT2D eigenvalue weighted by atomic mass is 10.2. The van der Waals surface area contributed by atoms with Crippen molar-refractivity contribution in [3.05, 3.63) is 28.5 Å². The number of nitrogens with two attached hydrogens (primary N) is 1. The second-order valence-electron chi connectivity index (χ2n) is 3.78. The molecule has 0 bridgehead atoms. The molecule has 1 aromatic heterocycles. The van der Waals surface area contributed by atoms with Crippen LogP contribution in [0.4, 0.5) is 0 Å². The summed E-state index contributed by atoms with van der Waals surface area (Å²) in [4.78, 5) is 1.36. The Morgan fingerprint density at radius 2 is 2.21 bits per heavy atom. The molecule has 2 aromatic rings. The van der Waals surface area contributed by atoms with E-state index in [0.717, 1.165) is 5.56 Å². The molecule has 8 heteroatoms. The molecule has 0 amide bonds. The monoisotopic (exact) mass is 283 g/mol. The summed E-state index contributed by atoms with van der Waals surface area (Å²) in [6.07, 6.45) is 0. The standard InChI is InChI=1S/C11H14ClN5O2/c1-17-15-10(14-16-17)6-19-11-7(5-13)3-8(12)4-9(11)18-2/h3-4H,5-6,13H2,1-2H3.